The second kappa shape index (κ2) is 4.84. The lowest BCUT2D eigenvalue weighted by molar-refractivity contribution is 0.0411. The number of nitrogens with two attached hydrogens (primary N) is 1. The summed E-state index contributed by atoms with van der Waals surface area (Å²) in [6.45, 7) is 3.64. The minimum absolute atomic E-state index is 0.00701. The van der Waals surface area contributed by atoms with E-state index in [0.717, 1.165) is 17.9 Å². The molecule has 0 unspecified atom stereocenters. The van der Waals surface area contributed by atoms with Crippen molar-refractivity contribution in [2.75, 3.05) is 0 Å². The molecule has 0 spiro atoms. The maximum atomic E-state index is 9.96. The normalized spacial score (nSPS) is 20.3. The van der Waals surface area contributed by atoms with Gasteiger partial charge in [-0.1, -0.05) is 30.2 Å². The number of halogens is 1. The Kier molecular flexibility index (Phi) is 3.72. The van der Waals surface area contributed by atoms with E-state index in [4.69, 9.17) is 17.3 Å². The molecule has 3 N–H and O–H groups in total. The second-order valence-electron chi connectivity index (χ2n) is 6.14. The van der Waals surface area contributed by atoms with E-state index in [0.29, 0.717) is 6.42 Å². The standard InChI is InChI=1S/C15H22ClNO/c1-14(2,18)10-13(17)15(8-3-9-15)11-4-6-12(16)7-5-11/h4-7,13,18H,3,8-10,17H2,1-2H3/t13-/m1/s1. The quantitative estimate of drug-likeness (QED) is 0.880. The number of rotatable bonds is 4. The van der Waals surface area contributed by atoms with Crippen LogP contribution in [0.3, 0.4) is 0 Å². The molecule has 0 heterocycles. The van der Waals surface area contributed by atoms with E-state index in [1.54, 1.807) is 0 Å². The largest absolute Gasteiger partial charge is 0.390 e. The van der Waals surface area contributed by atoms with Crippen molar-refractivity contribution in [3.8, 4) is 0 Å². The molecular formula is C15H22ClNO. The van der Waals surface area contributed by atoms with Crippen molar-refractivity contribution >= 4 is 11.6 Å². The molecule has 0 aliphatic heterocycles. The fraction of sp³-hybridized carbons (Fsp3) is 0.600. The van der Waals surface area contributed by atoms with E-state index in [1.165, 1.54) is 12.0 Å². The highest BCUT2D eigenvalue weighted by Crippen LogP contribution is 2.47. The van der Waals surface area contributed by atoms with Crippen LogP contribution >= 0.6 is 11.6 Å². The average molecular weight is 268 g/mol. The van der Waals surface area contributed by atoms with Crippen LogP contribution in [0.4, 0.5) is 0 Å². The van der Waals surface area contributed by atoms with Gasteiger partial charge in [0.1, 0.15) is 0 Å². The summed E-state index contributed by atoms with van der Waals surface area (Å²) < 4.78 is 0. The Bertz CT molecular complexity index is 403. The first-order valence-corrected chi connectivity index (χ1v) is 6.95. The lowest BCUT2D eigenvalue weighted by Crippen LogP contribution is -2.52. The summed E-state index contributed by atoms with van der Waals surface area (Å²) in [6, 6.07) is 7.99. The van der Waals surface area contributed by atoms with Crippen LogP contribution < -0.4 is 5.73 Å². The molecule has 1 aromatic carbocycles. The number of hydrogen-bond donors (Lipinski definition) is 2. The highest BCUT2D eigenvalue weighted by molar-refractivity contribution is 6.30. The van der Waals surface area contributed by atoms with Crippen LogP contribution in [0.5, 0.6) is 0 Å². The molecule has 0 saturated heterocycles. The summed E-state index contributed by atoms with van der Waals surface area (Å²) >= 11 is 5.94. The molecule has 3 heteroatoms. The average Bonchev–Trinajstić information content (AvgIpc) is 2.16. The molecule has 2 rings (SSSR count). The molecular weight excluding hydrogens is 246 g/mol. The fourth-order valence-corrected chi connectivity index (χ4v) is 3.07. The minimum Gasteiger partial charge on any atom is -0.390 e. The van der Waals surface area contributed by atoms with Crippen molar-refractivity contribution in [2.45, 2.75) is 56.6 Å². The summed E-state index contributed by atoms with van der Waals surface area (Å²) in [7, 11) is 0. The van der Waals surface area contributed by atoms with Gasteiger partial charge in [-0.3, -0.25) is 0 Å². The molecule has 1 aromatic rings. The van der Waals surface area contributed by atoms with Gasteiger partial charge in [0.25, 0.3) is 0 Å². The van der Waals surface area contributed by atoms with Gasteiger partial charge < -0.3 is 10.8 Å². The first-order chi connectivity index (χ1) is 8.33. The maximum Gasteiger partial charge on any atom is 0.0606 e. The summed E-state index contributed by atoms with van der Waals surface area (Å²) in [5.74, 6) is 0. The topological polar surface area (TPSA) is 46.2 Å². The van der Waals surface area contributed by atoms with Gasteiger partial charge in [-0.15, -0.1) is 0 Å². The van der Waals surface area contributed by atoms with E-state index < -0.39 is 5.60 Å². The van der Waals surface area contributed by atoms with Gasteiger partial charge in [-0.2, -0.15) is 0 Å². The van der Waals surface area contributed by atoms with E-state index >= 15 is 0 Å². The summed E-state index contributed by atoms with van der Waals surface area (Å²) in [4.78, 5) is 0. The highest BCUT2D eigenvalue weighted by atomic mass is 35.5. The van der Waals surface area contributed by atoms with E-state index in [1.807, 2.05) is 26.0 Å². The Morgan fingerprint density at radius 3 is 2.28 bits per heavy atom. The Hall–Kier alpha value is -0.570. The molecule has 1 aliphatic rings. The molecule has 100 valence electrons. The smallest absolute Gasteiger partial charge is 0.0606 e. The van der Waals surface area contributed by atoms with E-state index in [-0.39, 0.29) is 11.5 Å². The monoisotopic (exact) mass is 267 g/mol. The SMILES string of the molecule is CC(C)(O)C[C@@H](N)C1(c2ccc(Cl)cc2)CCC1. The molecule has 0 bridgehead atoms. The zero-order valence-corrected chi connectivity index (χ0v) is 11.9. The molecule has 2 nitrogen and oxygen atoms in total. The van der Waals surface area contributed by atoms with Crippen LogP contribution in [0.2, 0.25) is 5.02 Å². The van der Waals surface area contributed by atoms with Gasteiger partial charge in [0.15, 0.2) is 0 Å². The fourth-order valence-electron chi connectivity index (χ4n) is 2.95. The summed E-state index contributed by atoms with van der Waals surface area (Å²) in [5.41, 5.74) is 6.95. The van der Waals surface area contributed by atoms with Crippen LogP contribution in [0.15, 0.2) is 24.3 Å². The molecule has 18 heavy (non-hydrogen) atoms. The van der Waals surface area contributed by atoms with Gasteiger partial charge in [-0.25, -0.2) is 0 Å². The molecule has 0 aromatic heterocycles. The lowest BCUT2D eigenvalue weighted by atomic mass is 9.59. The Balaban J connectivity index is 2.22. The third-order valence-corrected chi connectivity index (χ3v) is 4.35. The third-order valence-electron chi connectivity index (χ3n) is 4.09. The zero-order chi connectivity index (χ0) is 13.4. The van der Waals surface area contributed by atoms with Crippen molar-refractivity contribution in [3.63, 3.8) is 0 Å². The Morgan fingerprint density at radius 1 is 1.33 bits per heavy atom. The number of benzene rings is 1. The van der Waals surface area contributed by atoms with Crippen molar-refractivity contribution in [2.24, 2.45) is 5.73 Å². The number of aliphatic hydroxyl groups is 1. The first kappa shape index (κ1) is 13.9. The van der Waals surface area contributed by atoms with Crippen molar-refractivity contribution in [3.05, 3.63) is 34.9 Å². The van der Waals surface area contributed by atoms with Crippen molar-refractivity contribution in [1.29, 1.82) is 0 Å². The van der Waals surface area contributed by atoms with E-state index in [2.05, 4.69) is 12.1 Å². The van der Waals surface area contributed by atoms with Gasteiger partial charge in [0.05, 0.1) is 5.60 Å². The molecule has 0 radical (unpaired) electrons. The van der Waals surface area contributed by atoms with Crippen LogP contribution in [0.25, 0.3) is 0 Å². The van der Waals surface area contributed by atoms with Gasteiger partial charge in [-0.05, 0) is 50.8 Å². The van der Waals surface area contributed by atoms with Crippen LogP contribution in [-0.4, -0.2) is 16.7 Å². The number of hydrogen-bond acceptors (Lipinski definition) is 2. The van der Waals surface area contributed by atoms with Gasteiger partial charge >= 0.3 is 0 Å². The van der Waals surface area contributed by atoms with Gasteiger partial charge in [0, 0.05) is 16.5 Å². The second-order valence-corrected chi connectivity index (χ2v) is 6.58. The van der Waals surface area contributed by atoms with Gasteiger partial charge in [0.2, 0.25) is 0 Å². The third kappa shape index (κ3) is 2.71. The predicted octanol–water partition coefficient (Wildman–Crippen LogP) is 3.25. The zero-order valence-electron chi connectivity index (χ0n) is 11.1. The molecule has 1 fully saturated rings. The highest BCUT2D eigenvalue weighted by Gasteiger charge is 2.45. The van der Waals surface area contributed by atoms with E-state index in [9.17, 15) is 5.11 Å². The predicted molar refractivity (Wildman–Crippen MR) is 75.9 cm³/mol. The van der Waals surface area contributed by atoms with Crippen LogP contribution in [-0.2, 0) is 5.41 Å². The summed E-state index contributed by atoms with van der Waals surface area (Å²) in [6.07, 6.45) is 4.04. The molecule has 0 amide bonds. The lowest BCUT2D eigenvalue weighted by Gasteiger charge is -2.48. The van der Waals surface area contributed by atoms with Crippen molar-refractivity contribution in [1.82, 2.24) is 0 Å². The Labute approximate surface area is 114 Å². The van der Waals surface area contributed by atoms with Crippen LogP contribution in [0.1, 0.15) is 45.1 Å². The molecule has 1 aliphatic carbocycles. The van der Waals surface area contributed by atoms with Crippen molar-refractivity contribution < 1.29 is 5.11 Å². The molecule has 1 saturated carbocycles. The van der Waals surface area contributed by atoms with Crippen LogP contribution in [0, 0.1) is 0 Å². The minimum atomic E-state index is -0.714. The molecule has 1 atom stereocenters. The first-order valence-electron chi connectivity index (χ1n) is 6.57. The Morgan fingerprint density at radius 2 is 1.89 bits per heavy atom. The summed E-state index contributed by atoms with van der Waals surface area (Å²) in [5, 5.41) is 10.7. The maximum absolute atomic E-state index is 9.96.